The molecule has 1 N–H and O–H groups in total. The molecule has 1 amide bonds. The standard InChI is InChI=1S/C26H25BrN2O5/c1-3-16-32-22-12-6-20(7-13-22)26(31)34-24-10-4-19(5-11-24)17-28-29-25(30)18(2)33-23-14-8-21(27)9-15-23/h4-15,17-18H,3,16H2,1-2H3,(H,29,30). The van der Waals surface area contributed by atoms with Crippen LogP contribution in [0.4, 0.5) is 0 Å². The normalized spacial score (nSPS) is 11.6. The molecule has 0 saturated heterocycles. The quantitative estimate of drug-likeness (QED) is 0.166. The van der Waals surface area contributed by atoms with Gasteiger partial charge in [-0.05, 0) is 91.7 Å². The van der Waals surface area contributed by atoms with Crippen molar-refractivity contribution in [3.8, 4) is 17.2 Å². The van der Waals surface area contributed by atoms with E-state index in [4.69, 9.17) is 14.2 Å². The third-order valence-corrected chi connectivity index (χ3v) is 5.07. The number of halogens is 1. The molecule has 7 nitrogen and oxygen atoms in total. The molecule has 0 fully saturated rings. The molecule has 0 radical (unpaired) electrons. The molecule has 3 aromatic carbocycles. The summed E-state index contributed by atoms with van der Waals surface area (Å²) >= 11 is 3.35. The molecule has 0 aliphatic carbocycles. The van der Waals surface area contributed by atoms with Gasteiger partial charge in [-0.2, -0.15) is 5.10 Å². The van der Waals surface area contributed by atoms with E-state index in [9.17, 15) is 9.59 Å². The Kier molecular flexibility index (Phi) is 9.22. The maximum Gasteiger partial charge on any atom is 0.343 e. The Morgan fingerprint density at radius 3 is 2.21 bits per heavy atom. The van der Waals surface area contributed by atoms with Crippen LogP contribution < -0.4 is 19.6 Å². The van der Waals surface area contributed by atoms with Gasteiger partial charge < -0.3 is 14.2 Å². The fourth-order valence-electron chi connectivity index (χ4n) is 2.73. The van der Waals surface area contributed by atoms with Crippen molar-refractivity contribution in [2.75, 3.05) is 6.61 Å². The SMILES string of the molecule is CCCOc1ccc(C(=O)Oc2ccc(C=NNC(=O)C(C)Oc3ccc(Br)cc3)cc2)cc1. The Bertz CT molecular complexity index is 1110. The van der Waals surface area contributed by atoms with Gasteiger partial charge in [0.25, 0.3) is 5.91 Å². The number of rotatable bonds is 10. The number of nitrogens with zero attached hydrogens (tertiary/aromatic N) is 1. The highest BCUT2D eigenvalue weighted by molar-refractivity contribution is 9.10. The lowest BCUT2D eigenvalue weighted by molar-refractivity contribution is -0.127. The minimum Gasteiger partial charge on any atom is -0.494 e. The van der Waals surface area contributed by atoms with Crippen LogP contribution in [0.25, 0.3) is 0 Å². The summed E-state index contributed by atoms with van der Waals surface area (Å²) in [6.45, 7) is 4.30. The third kappa shape index (κ3) is 7.74. The van der Waals surface area contributed by atoms with E-state index < -0.39 is 12.1 Å². The molecule has 176 valence electrons. The first-order chi connectivity index (χ1) is 16.4. The van der Waals surface area contributed by atoms with Crippen molar-refractivity contribution in [1.29, 1.82) is 0 Å². The first kappa shape index (κ1) is 25.0. The smallest absolute Gasteiger partial charge is 0.343 e. The zero-order valence-corrected chi connectivity index (χ0v) is 20.4. The lowest BCUT2D eigenvalue weighted by atomic mass is 10.2. The zero-order chi connectivity index (χ0) is 24.3. The van der Waals surface area contributed by atoms with Gasteiger partial charge in [-0.15, -0.1) is 0 Å². The number of benzene rings is 3. The molecule has 0 heterocycles. The molecule has 0 aromatic heterocycles. The molecule has 8 heteroatoms. The maximum absolute atomic E-state index is 12.3. The Balaban J connectivity index is 1.47. The molecule has 0 bridgehead atoms. The van der Waals surface area contributed by atoms with E-state index >= 15 is 0 Å². The highest BCUT2D eigenvalue weighted by Gasteiger charge is 2.14. The Hall–Kier alpha value is -3.65. The summed E-state index contributed by atoms with van der Waals surface area (Å²) in [4.78, 5) is 24.5. The molecule has 0 aliphatic heterocycles. The Morgan fingerprint density at radius 1 is 0.941 bits per heavy atom. The molecule has 1 unspecified atom stereocenters. The molecule has 3 rings (SSSR count). The number of ether oxygens (including phenoxy) is 3. The summed E-state index contributed by atoms with van der Waals surface area (Å²) < 4.78 is 17.4. The highest BCUT2D eigenvalue weighted by atomic mass is 79.9. The average molecular weight is 525 g/mol. The van der Waals surface area contributed by atoms with Crippen LogP contribution in [-0.4, -0.2) is 30.8 Å². The number of nitrogens with one attached hydrogen (secondary N) is 1. The van der Waals surface area contributed by atoms with Gasteiger partial charge in [0.1, 0.15) is 17.2 Å². The number of hydrogen-bond acceptors (Lipinski definition) is 6. The van der Waals surface area contributed by atoms with Crippen LogP contribution in [0, 0.1) is 0 Å². The molecule has 0 aliphatic rings. The van der Waals surface area contributed by atoms with Crippen molar-refractivity contribution < 1.29 is 23.8 Å². The molecular formula is C26H25BrN2O5. The fourth-order valence-corrected chi connectivity index (χ4v) is 2.99. The number of hydrogen-bond donors (Lipinski definition) is 1. The van der Waals surface area contributed by atoms with Gasteiger partial charge in [0.05, 0.1) is 18.4 Å². The molecule has 0 spiro atoms. The fraction of sp³-hybridized carbons (Fsp3) is 0.192. The van der Waals surface area contributed by atoms with Crippen LogP contribution in [0.3, 0.4) is 0 Å². The predicted molar refractivity (Wildman–Crippen MR) is 134 cm³/mol. The summed E-state index contributed by atoms with van der Waals surface area (Å²) in [5, 5.41) is 3.95. The van der Waals surface area contributed by atoms with Gasteiger partial charge in [0, 0.05) is 4.47 Å². The second kappa shape index (κ2) is 12.6. The number of hydrazone groups is 1. The molecule has 1 atom stereocenters. The molecule has 0 saturated carbocycles. The summed E-state index contributed by atoms with van der Waals surface area (Å²) in [6, 6.07) is 20.8. The van der Waals surface area contributed by atoms with E-state index in [1.807, 2.05) is 19.1 Å². The van der Waals surface area contributed by atoms with E-state index in [1.165, 1.54) is 6.21 Å². The topological polar surface area (TPSA) is 86.2 Å². The summed E-state index contributed by atoms with van der Waals surface area (Å²) in [6.07, 6.45) is 1.69. The summed E-state index contributed by atoms with van der Waals surface area (Å²) in [7, 11) is 0. The van der Waals surface area contributed by atoms with E-state index in [0.717, 1.165) is 16.5 Å². The second-order valence-electron chi connectivity index (χ2n) is 7.28. The Labute approximate surface area is 206 Å². The van der Waals surface area contributed by atoms with Gasteiger partial charge in [0.2, 0.25) is 0 Å². The van der Waals surface area contributed by atoms with Crippen LogP contribution in [0.1, 0.15) is 36.2 Å². The van der Waals surface area contributed by atoms with Crippen LogP contribution in [-0.2, 0) is 4.79 Å². The lowest BCUT2D eigenvalue weighted by Gasteiger charge is -2.12. The Morgan fingerprint density at radius 2 is 1.56 bits per heavy atom. The van der Waals surface area contributed by atoms with Crippen molar-refractivity contribution in [2.45, 2.75) is 26.4 Å². The van der Waals surface area contributed by atoms with Crippen molar-refractivity contribution in [1.82, 2.24) is 5.43 Å². The minimum atomic E-state index is -0.715. The zero-order valence-electron chi connectivity index (χ0n) is 18.9. The molecule has 3 aromatic rings. The van der Waals surface area contributed by atoms with Crippen LogP contribution >= 0.6 is 15.9 Å². The predicted octanol–water partition coefficient (Wildman–Crippen LogP) is 5.37. The van der Waals surface area contributed by atoms with E-state index in [0.29, 0.717) is 29.4 Å². The molecule has 34 heavy (non-hydrogen) atoms. The maximum atomic E-state index is 12.3. The van der Waals surface area contributed by atoms with E-state index in [-0.39, 0.29) is 5.91 Å². The number of esters is 1. The monoisotopic (exact) mass is 524 g/mol. The van der Waals surface area contributed by atoms with Gasteiger partial charge >= 0.3 is 5.97 Å². The number of carbonyl (C=O) groups is 2. The van der Waals surface area contributed by atoms with Gasteiger partial charge in [-0.3, -0.25) is 4.79 Å². The van der Waals surface area contributed by atoms with Crippen molar-refractivity contribution in [2.24, 2.45) is 5.10 Å². The summed E-state index contributed by atoms with van der Waals surface area (Å²) in [5.74, 6) is 0.851. The minimum absolute atomic E-state index is 0.379. The lowest BCUT2D eigenvalue weighted by Crippen LogP contribution is -2.33. The summed E-state index contributed by atoms with van der Waals surface area (Å²) in [5.41, 5.74) is 3.60. The van der Waals surface area contributed by atoms with Gasteiger partial charge in [-0.1, -0.05) is 22.9 Å². The molecular weight excluding hydrogens is 500 g/mol. The highest BCUT2D eigenvalue weighted by Crippen LogP contribution is 2.18. The van der Waals surface area contributed by atoms with Gasteiger partial charge in [0.15, 0.2) is 6.10 Å². The van der Waals surface area contributed by atoms with E-state index in [2.05, 4.69) is 26.5 Å². The second-order valence-corrected chi connectivity index (χ2v) is 8.20. The van der Waals surface area contributed by atoms with Crippen LogP contribution in [0.5, 0.6) is 17.2 Å². The third-order valence-electron chi connectivity index (χ3n) is 4.54. The van der Waals surface area contributed by atoms with Crippen LogP contribution in [0.15, 0.2) is 82.4 Å². The van der Waals surface area contributed by atoms with Crippen LogP contribution in [0.2, 0.25) is 0 Å². The number of amides is 1. The largest absolute Gasteiger partial charge is 0.494 e. The number of carbonyl (C=O) groups excluding carboxylic acids is 2. The first-order valence-corrected chi connectivity index (χ1v) is 11.5. The van der Waals surface area contributed by atoms with Crippen molar-refractivity contribution >= 4 is 34.0 Å². The van der Waals surface area contributed by atoms with Crippen molar-refractivity contribution in [3.63, 3.8) is 0 Å². The van der Waals surface area contributed by atoms with Crippen molar-refractivity contribution in [3.05, 3.63) is 88.4 Å². The van der Waals surface area contributed by atoms with Gasteiger partial charge in [-0.25, -0.2) is 10.2 Å². The van der Waals surface area contributed by atoms with E-state index in [1.54, 1.807) is 67.6 Å². The first-order valence-electron chi connectivity index (χ1n) is 10.7. The average Bonchev–Trinajstić information content (AvgIpc) is 2.85.